The van der Waals surface area contributed by atoms with Gasteiger partial charge in [0.15, 0.2) is 0 Å². The summed E-state index contributed by atoms with van der Waals surface area (Å²) in [6.45, 7) is 13.5. The fourth-order valence-electron chi connectivity index (χ4n) is 14.2. The standard InChI is InChI=1S/C18H22N4O3S.C14H17N3O.C14H15N3O.2C13H15N3O2S/c1-3-22-13(2)16(12-19-22)26(24,25)21-10-8-18(9-11-21)14-6-4-5-7-15(14)20-17(18)23;2*1-10(18)17-6-3-11(4-7-17)12-9-16-14-2-5-15-8-13(12)14;1-19(17,18)16-6-3-10(4-7-16)11-9-15-13-2-5-14-8-12(11)13;1-19(17,18)16-6-3-10(4-7-16)12-8-15-13-9-14-5-2-11(12)13/h4-7,12H,3,8-11H2,1-2H3,(H,20,23);2,5,8-9,11,16H,3-4,6-7H2,1H3;2-3,5,8-9,16H,4,6-7H2,1H3;2*2-3,5,8-9,15H,4,6-7H2,1H3. The van der Waals surface area contributed by atoms with Gasteiger partial charge in [0.1, 0.15) is 4.90 Å². The summed E-state index contributed by atoms with van der Waals surface area (Å²) in [5.74, 6) is 0.851. The molecule has 0 unspecified atom stereocenters. The number of aromatic nitrogens is 10. The van der Waals surface area contributed by atoms with Crippen LogP contribution in [-0.2, 0) is 56.4 Å². The summed E-state index contributed by atoms with van der Waals surface area (Å²) in [6.07, 6.45) is 38.1. The maximum absolute atomic E-state index is 13.0. The third kappa shape index (κ3) is 15.0. The lowest BCUT2D eigenvalue weighted by Crippen LogP contribution is -2.48. The summed E-state index contributed by atoms with van der Waals surface area (Å²) in [7, 11) is -9.79. The number of aromatic amines is 4. The van der Waals surface area contributed by atoms with Crippen molar-refractivity contribution in [2.45, 2.75) is 95.4 Å². The number of pyridine rings is 4. The molecule has 100 heavy (non-hydrogen) atoms. The van der Waals surface area contributed by atoms with E-state index in [1.807, 2.05) is 115 Å². The van der Waals surface area contributed by atoms with Crippen LogP contribution in [-0.4, -0.2) is 193 Å². The van der Waals surface area contributed by atoms with E-state index in [-0.39, 0.29) is 22.6 Å². The van der Waals surface area contributed by atoms with Crippen molar-refractivity contribution in [2.75, 3.05) is 83.3 Å². The molecule has 1 aromatic carbocycles. The number of aryl methyl sites for hydroxylation is 1. The molecule has 1 spiro atoms. The Hall–Kier alpha value is -9.45. The Labute approximate surface area is 582 Å². The minimum absolute atomic E-state index is 0.0225. The number of hydrogen-bond acceptors (Lipinski definition) is 14. The Balaban J connectivity index is 0.000000119. The number of amides is 3. The molecule has 10 aromatic rings. The molecule has 0 atom stereocenters. The summed E-state index contributed by atoms with van der Waals surface area (Å²) in [6, 6.07) is 15.6. The van der Waals surface area contributed by atoms with Crippen LogP contribution >= 0.6 is 0 Å². The van der Waals surface area contributed by atoms with Gasteiger partial charge in [0.2, 0.25) is 47.8 Å². The van der Waals surface area contributed by atoms with Crippen LogP contribution < -0.4 is 5.32 Å². The van der Waals surface area contributed by atoms with Crippen molar-refractivity contribution in [3.63, 3.8) is 0 Å². The maximum atomic E-state index is 13.0. The quantitative estimate of drug-likeness (QED) is 0.0899. The maximum Gasteiger partial charge on any atom is 0.246 e. The molecule has 0 aliphatic carbocycles. The Bertz CT molecular complexity index is 5000. The van der Waals surface area contributed by atoms with Crippen LogP contribution in [0.3, 0.4) is 0 Å². The molecular weight excluding hydrogens is 1330 g/mol. The largest absolute Gasteiger partial charge is 0.361 e. The van der Waals surface area contributed by atoms with E-state index in [2.05, 4.69) is 62.6 Å². The highest BCUT2D eigenvalue weighted by molar-refractivity contribution is 7.89. The molecule has 5 N–H and O–H groups in total. The lowest BCUT2D eigenvalue weighted by Gasteiger charge is -2.37. The molecule has 15 heterocycles. The van der Waals surface area contributed by atoms with Gasteiger partial charge < -0.3 is 35.1 Å². The van der Waals surface area contributed by atoms with Crippen molar-refractivity contribution < 1.29 is 39.6 Å². The average Bonchev–Trinajstić information content (AvgIpc) is 1.56. The second-order valence-corrected chi connectivity index (χ2v) is 31.7. The summed E-state index contributed by atoms with van der Waals surface area (Å²) >= 11 is 0. The molecule has 3 amide bonds. The number of para-hydroxylation sites is 1. The zero-order valence-corrected chi connectivity index (χ0v) is 59.4. The number of carbonyl (C=O) groups is 3. The number of hydrogen-bond donors (Lipinski definition) is 5. The van der Waals surface area contributed by atoms with E-state index in [0.717, 1.165) is 112 Å². The third-order valence-electron chi connectivity index (χ3n) is 20.0. The number of anilines is 1. The molecule has 0 radical (unpaired) electrons. The fraction of sp³-hybridized carbons (Fsp3) is 0.361. The van der Waals surface area contributed by atoms with Crippen LogP contribution in [0.25, 0.3) is 60.3 Å². The van der Waals surface area contributed by atoms with Crippen molar-refractivity contribution in [1.82, 2.24) is 72.4 Å². The first kappa shape index (κ1) is 70.4. The van der Waals surface area contributed by atoms with Gasteiger partial charge in [0.05, 0.1) is 41.5 Å². The number of piperidine rings is 2. The first-order chi connectivity index (χ1) is 48.0. The molecule has 9 aromatic heterocycles. The number of sulfonamides is 3. The topological polar surface area (TPSA) is 314 Å². The predicted octanol–water partition coefficient (Wildman–Crippen LogP) is 9.60. The van der Waals surface area contributed by atoms with E-state index < -0.39 is 35.5 Å². The zero-order chi connectivity index (χ0) is 70.5. The van der Waals surface area contributed by atoms with Gasteiger partial charge in [-0.25, -0.2) is 25.3 Å². The van der Waals surface area contributed by atoms with Crippen LogP contribution in [0.1, 0.15) is 105 Å². The van der Waals surface area contributed by atoms with Gasteiger partial charge in [-0.3, -0.25) is 39.0 Å². The van der Waals surface area contributed by atoms with Gasteiger partial charge in [-0.1, -0.05) is 36.4 Å². The van der Waals surface area contributed by atoms with Gasteiger partial charge >= 0.3 is 0 Å². The van der Waals surface area contributed by atoms with Crippen LogP contribution in [0.2, 0.25) is 0 Å². The molecule has 0 bridgehead atoms. The van der Waals surface area contributed by atoms with Gasteiger partial charge in [-0.05, 0) is 123 Å². The van der Waals surface area contributed by atoms with Crippen LogP contribution in [0.5, 0.6) is 0 Å². The van der Waals surface area contributed by atoms with Crippen LogP contribution in [0.15, 0.2) is 152 Å². The first-order valence-electron chi connectivity index (χ1n) is 33.6. The Kier molecular flexibility index (Phi) is 21.0. The average molecular weight is 1410 g/mol. The SMILES string of the molecule is CC(=O)N1CC=C(c2c[nH]c3ccncc23)CC1.CC(=O)N1CCC(c2c[nH]c3ccncc23)CC1.CCn1ncc(S(=O)(=O)N2CCC3(CC2)C(=O)Nc2ccccc23)c1C.CS(=O)(=O)N1CC=C(c2c[nH]c3ccncc23)CC1.CS(=O)(=O)N1CC=C(c2c[nH]c3cnccc23)CC1. The Morgan fingerprint density at radius 1 is 0.540 bits per heavy atom. The van der Waals surface area contributed by atoms with Gasteiger partial charge in [0.25, 0.3) is 0 Å². The van der Waals surface area contributed by atoms with Crippen molar-refractivity contribution in [3.05, 3.63) is 181 Å². The fourth-order valence-corrected chi connectivity index (χ4v) is 17.4. The zero-order valence-electron chi connectivity index (χ0n) is 57.0. The van der Waals surface area contributed by atoms with Crippen molar-refractivity contribution in [2.24, 2.45) is 0 Å². The van der Waals surface area contributed by atoms with Crippen molar-refractivity contribution >= 4 is 114 Å². The van der Waals surface area contributed by atoms with E-state index in [9.17, 15) is 39.6 Å². The molecule has 524 valence electrons. The number of nitrogens with one attached hydrogen (secondary N) is 5. The van der Waals surface area contributed by atoms with Crippen molar-refractivity contribution in [3.8, 4) is 0 Å². The minimum Gasteiger partial charge on any atom is -0.361 e. The molecule has 0 saturated carbocycles. The summed E-state index contributed by atoms with van der Waals surface area (Å²) in [4.78, 5) is 68.8. The number of benzene rings is 1. The highest BCUT2D eigenvalue weighted by Crippen LogP contribution is 2.46. The molecular formula is C72H84N16O9S3. The van der Waals surface area contributed by atoms with Crippen molar-refractivity contribution in [1.29, 1.82) is 0 Å². The molecule has 2 saturated heterocycles. The number of fused-ring (bicyclic) bond motifs is 6. The summed E-state index contributed by atoms with van der Waals surface area (Å²) in [5.41, 5.74) is 14.7. The minimum atomic E-state index is -3.60. The Morgan fingerprint density at radius 3 is 1.54 bits per heavy atom. The molecule has 6 aliphatic rings. The van der Waals surface area contributed by atoms with E-state index >= 15 is 0 Å². The highest BCUT2D eigenvalue weighted by atomic mass is 32.2. The number of rotatable bonds is 9. The van der Waals surface area contributed by atoms with Gasteiger partial charge in [-0.15, -0.1) is 0 Å². The van der Waals surface area contributed by atoms with Gasteiger partial charge in [-0.2, -0.15) is 18.0 Å². The van der Waals surface area contributed by atoms with E-state index in [1.165, 1.54) is 64.9 Å². The number of nitrogens with zero attached hydrogens (tertiary/aromatic N) is 11. The second-order valence-electron chi connectivity index (χ2n) is 25.9. The third-order valence-corrected chi connectivity index (χ3v) is 24.5. The van der Waals surface area contributed by atoms with Crippen LogP contribution in [0.4, 0.5) is 5.69 Å². The lowest BCUT2D eigenvalue weighted by molar-refractivity contribution is -0.130. The Morgan fingerprint density at radius 2 is 1.03 bits per heavy atom. The van der Waals surface area contributed by atoms with Crippen LogP contribution in [0, 0.1) is 6.92 Å². The first-order valence-corrected chi connectivity index (χ1v) is 38.7. The number of H-pyrrole nitrogens is 4. The number of likely N-dealkylation sites (tertiary alicyclic amines) is 1. The summed E-state index contributed by atoms with van der Waals surface area (Å²) in [5, 5.41) is 11.7. The molecule has 16 rings (SSSR count). The van der Waals surface area contributed by atoms with E-state index in [4.69, 9.17) is 0 Å². The molecule has 2 fully saturated rings. The monoisotopic (exact) mass is 1410 g/mol. The number of carbonyl (C=O) groups excluding carboxylic acids is 3. The van der Waals surface area contributed by atoms with Gasteiger partial charge in [0, 0.05) is 214 Å². The highest BCUT2D eigenvalue weighted by Gasteiger charge is 2.50. The van der Waals surface area contributed by atoms with E-state index in [1.54, 1.807) is 56.4 Å². The predicted molar refractivity (Wildman–Crippen MR) is 389 cm³/mol. The second kappa shape index (κ2) is 29.8. The molecule has 28 heteroatoms. The smallest absolute Gasteiger partial charge is 0.246 e. The molecule has 6 aliphatic heterocycles. The van der Waals surface area contributed by atoms with E-state index in [0.29, 0.717) is 76.8 Å². The molecule has 25 nitrogen and oxygen atoms in total. The normalized spacial score (nSPS) is 17.7. The lowest BCUT2D eigenvalue weighted by atomic mass is 9.74. The summed E-state index contributed by atoms with van der Waals surface area (Å²) < 4.78 is 78.1.